The first kappa shape index (κ1) is 21.6. The fourth-order valence-corrected chi connectivity index (χ4v) is 2.33. The topological polar surface area (TPSA) is 52.6 Å². The Morgan fingerprint density at radius 2 is 1.14 bits per heavy atom. The molecule has 0 saturated carbocycles. The van der Waals surface area contributed by atoms with E-state index in [0.29, 0.717) is 37.2 Å². The largest absolute Gasteiger partial charge is 0.459 e. The molecule has 0 aromatic carbocycles. The summed E-state index contributed by atoms with van der Waals surface area (Å²) < 4.78 is 11.2. The Balaban J connectivity index is 4.66. The van der Waals surface area contributed by atoms with Gasteiger partial charge >= 0.3 is 11.9 Å². The second-order valence-electron chi connectivity index (χ2n) is 6.00. The lowest BCUT2D eigenvalue weighted by atomic mass is 9.88. The molecule has 0 aromatic rings. The van der Waals surface area contributed by atoms with E-state index in [1.165, 1.54) is 0 Å². The average molecular weight is 351 g/mol. The Labute approximate surface area is 145 Å². The van der Waals surface area contributed by atoms with Gasteiger partial charge in [-0.2, -0.15) is 25.3 Å². The summed E-state index contributed by atoms with van der Waals surface area (Å²) in [6.07, 6.45) is 3.35. The Morgan fingerprint density at radius 1 is 0.818 bits per heavy atom. The van der Waals surface area contributed by atoms with Gasteiger partial charge in [-0.25, -0.2) is 0 Å². The minimum atomic E-state index is -0.535. The maximum atomic E-state index is 11.7. The number of hydrogen-bond acceptors (Lipinski definition) is 6. The van der Waals surface area contributed by atoms with Crippen LogP contribution in [0.25, 0.3) is 0 Å². The molecule has 0 spiro atoms. The second kappa shape index (κ2) is 10.4. The number of hydrogen-bond donors (Lipinski definition) is 2. The molecule has 0 N–H and O–H groups in total. The van der Waals surface area contributed by atoms with E-state index in [0.717, 1.165) is 12.8 Å². The number of ether oxygens (including phenoxy) is 2. The molecule has 0 amide bonds. The first-order valence-electron chi connectivity index (χ1n) is 7.89. The first-order valence-corrected chi connectivity index (χ1v) is 9.16. The van der Waals surface area contributed by atoms with Crippen LogP contribution in [0.3, 0.4) is 0 Å². The highest BCUT2D eigenvalue weighted by Crippen LogP contribution is 2.30. The van der Waals surface area contributed by atoms with Gasteiger partial charge in [0.1, 0.15) is 11.2 Å². The molecular formula is C16H30O4S2. The first-order chi connectivity index (χ1) is 10.2. The van der Waals surface area contributed by atoms with Crippen molar-refractivity contribution < 1.29 is 19.1 Å². The molecular weight excluding hydrogens is 320 g/mol. The molecule has 2 atom stereocenters. The summed E-state index contributed by atoms with van der Waals surface area (Å²) in [7, 11) is 0. The number of esters is 2. The maximum Gasteiger partial charge on any atom is 0.307 e. The average Bonchev–Trinajstić information content (AvgIpc) is 2.45. The zero-order valence-corrected chi connectivity index (χ0v) is 16.0. The summed E-state index contributed by atoms with van der Waals surface area (Å²) in [5.41, 5.74) is -1.07. The molecule has 0 aliphatic rings. The third kappa shape index (κ3) is 8.32. The molecule has 0 aliphatic heterocycles. The molecule has 0 rings (SSSR count). The maximum absolute atomic E-state index is 11.7. The van der Waals surface area contributed by atoms with Crippen LogP contribution in [0.4, 0.5) is 0 Å². The van der Waals surface area contributed by atoms with Crippen LogP contribution < -0.4 is 0 Å². The summed E-state index contributed by atoms with van der Waals surface area (Å²) in [5, 5.41) is 0. The van der Waals surface area contributed by atoms with Crippen LogP contribution in [0.1, 0.15) is 66.2 Å². The van der Waals surface area contributed by atoms with Crippen molar-refractivity contribution in [3.63, 3.8) is 0 Å². The number of rotatable bonds is 11. The third-order valence-electron chi connectivity index (χ3n) is 4.03. The van der Waals surface area contributed by atoms with Crippen molar-refractivity contribution in [3.8, 4) is 0 Å². The molecule has 0 aliphatic carbocycles. The number of carbonyl (C=O) groups is 2. The highest BCUT2D eigenvalue weighted by molar-refractivity contribution is 7.80. The fraction of sp³-hybridized carbons (Fsp3) is 0.875. The fourth-order valence-electron chi connectivity index (χ4n) is 1.96. The van der Waals surface area contributed by atoms with E-state index in [-0.39, 0.29) is 11.9 Å². The normalized spacial score (nSPS) is 16.5. The smallest absolute Gasteiger partial charge is 0.307 e. The molecule has 0 bridgehead atoms. The highest BCUT2D eigenvalue weighted by atomic mass is 32.1. The quantitative estimate of drug-likeness (QED) is 0.439. The second-order valence-corrected chi connectivity index (χ2v) is 6.90. The van der Waals surface area contributed by atoms with Gasteiger partial charge in [-0.05, 0) is 39.5 Å². The predicted octanol–water partition coefficient (Wildman–Crippen LogP) is 3.83. The minimum Gasteiger partial charge on any atom is -0.459 e. The van der Waals surface area contributed by atoms with Crippen molar-refractivity contribution in [2.24, 2.45) is 0 Å². The number of thiol groups is 2. The van der Waals surface area contributed by atoms with Crippen LogP contribution in [0, 0.1) is 0 Å². The summed E-state index contributed by atoms with van der Waals surface area (Å²) in [6.45, 7) is 7.83. The van der Waals surface area contributed by atoms with Crippen molar-refractivity contribution in [3.05, 3.63) is 0 Å². The van der Waals surface area contributed by atoms with Gasteiger partial charge in [0, 0.05) is 11.5 Å². The Morgan fingerprint density at radius 3 is 1.36 bits per heavy atom. The van der Waals surface area contributed by atoms with Crippen molar-refractivity contribution in [1.82, 2.24) is 0 Å². The van der Waals surface area contributed by atoms with Crippen LogP contribution >= 0.6 is 25.3 Å². The molecule has 0 aromatic heterocycles. The molecule has 4 nitrogen and oxygen atoms in total. The van der Waals surface area contributed by atoms with Crippen LogP contribution in [-0.4, -0.2) is 34.6 Å². The lowest BCUT2D eigenvalue weighted by Crippen LogP contribution is -2.37. The molecule has 22 heavy (non-hydrogen) atoms. The van der Waals surface area contributed by atoms with Gasteiger partial charge in [-0.1, -0.05) is 13.8 Å². The van der Waals surface area contributed by atoms with Crippen molar-refractivity contribution in [1.29, 1.82) is 0 Å². The van der Waals surface area contributed by atoms with Gasteiger partial charge < -0.3 is 9.47 Å². The van der Waals surface area contributed by atoms with Crippen molar-refractivity contribution in [2.75, 3.05) is 11.5 Å². The zero-order valence-electron chi connectivity index (χ0n) is 14.2. The SMILES string of the molecule is CCC(C)(CCC(C)(CC)OC(=O)CCS)OC(=O)CCS. The lowest BCUT2D eigenvalue weighted by molar-refractivity contribution is -0.166. The monoisotopic (exact) mass is 350 g/mol. The van der Waals surface area contributed by atoms with Crippen LogP contribution in [0.2, 0.25) is 0 Å². The molecule has 2 unspecified atom stereocenters. The van der Waals surface area contributed by atoms with E-state index >= 15 is 0 Å². The van der Waals surface area contributed by atoms with Gasteiger partial charge in [0.05, 0.1) is 12.8 Å². The third-order valence-corrected chi connectivity index (χ3v) is 4.48. The van der Waals surface area contributed by atoms with Gasteiger partial charge in [0.2, 0.25) is 0 Å². The van der Waals surface area contributed by atoms with Crippen LogP contribution in [0.15, 0.2) is 0 Å². The van der Waals surface area contributed by atoms with Gasteiger partial charge in [-0.15, -0.1) is 0 Å². The zero-order chi connectivity index (χ0) is 17.2. The predicted molar refractivity (Wildman–Crippen MR) is 95.8 cm³/mol. The minimum absolute atomic E-state index is 0.232. The van der Waals surface area contributed by atoms with E-state index < -0.39 is 11.2 Å². The number of carbonyl (C=O) groups excluding carboxylic acids is 2. The highest BCUT2D eigenvalue weighted by Gasteiger charge is 2.33. The van der Waals surface area contributed by atoms with E-state index in [1.54, 1.807) is 0 Å². The Kier molecular flexibility index (Phi) is 10.3. The summed E-state index contributed by atoms with van der Waals surface area (Å²) in [6, 6.07) is 0. The van der Waals surface area contributed by atoms with Crippen molar-refractivity contribution in [2.45, 2.75) is 77.4 Å². The molecule has 6 heteroatoms. The van der Waals surface area contributed by atoms with Crippen LogP contribution in [0.5, 0.6) is 0 Å². The molecule has 0 heterocycles. The Bertz CT molecular complexity index is 328. The van der Waals surface area contributed by atoms with E-state index in [2.05, 4.69) is 25.3 Å². The van der Waals surface area contributed by atoms with Gasteiger partial charge in [0.25, 0.3) is 0 Å². The van der Waals surface area contributed by atoms with Crippen LogP contribution in [-0.2, 0) is 19.1 Å². The molecule has 0 saturated heterocycles. The van der Waals surface area contributed by atoms with Gasteiger partial charge in [0.15, 0.2) is 0 Å². The van der Waals surface area contributed by atoms with Gasteiger partial charge in [-0.3, -0.25) is 9.59 Å². The van der Waals surface area contributed by atoms with Crippen molar-refractivity contribution >= 4 is 37.2 Å². The summed E-state index contributed by atoms with van der Waals surface area (Å²) in [4.78, 5) is 23.4. The lowest BCUT2D eigenvalue weighted by Gasteiger charge is -2.34. The molecule has 0 fully saturated rings. The summed E-state index contributed by atoms with van der Waals surface area (Å²) in [5.74, 6) is 0.494. The standard InChI is InChI=1S/C16H30O4S2/c1-5-15(3,19-13(17)7-11-21)9-10-16(4,6-2)20-14(18)8-12-22/h21-22H,5-12H2,1-4H3. The van der Waals surface area contributed by atoms with E-state index in [9.17, 15) is 9.59 Å². The van der Waals surface area contributed by atoms with E-state index in [4.69, 9.17) is 9.47 Å². The van der Waals surface area contributed by atoms with E-state index in [1.807, 2.05) is 27.7 Å². The molecule has 0 radical (unpaired) electrons. The molecule has 130 valence electrons. The summed E-state index contributed by atoms with van der Waals surface area (Å²) >= 11 is 8.09. The Hall–Kier alpha value is -0.360.